The average molecular weight is 182 g/mol. The highest BCUT2D eigenvalue weighted by atomic mass is 15.2. The van der Waals surface area contributed by atoms with Crippen LogP contribution in [0, 0.1) is 0 Å². The second kappa shape index (κ2) is 5.40. The molecule has 1 rings (SSSR count). The van der Waals surface area contributed by atoms with Gasteiger partial charge < -0.3 is 5.32 Å². The van der Waals surface area contributed by atoms with Crippen molar-refractivity contribution in [2.45, 2.75) is 32.2 Å². The Labute approximate surface area is 82.0 Å². The summed E-state index contributed by atoms with van der Waals surface area (Å²) in [6, 6.07) is 0.850. The van der Waals surface area contributed by atoms with E-state index in [1.165, 1.54) is 24.8 Å². The monoisotopic (exact) mass is 182 g/mol. The second-order valence-electron chi connectivity index (χ2n) is 4.07. The average Bonchev–Trinajstić information content (AvgIpc) is 2.86. The van der Waals surface area contributed by atoms with Crippen LogP contribution in [0.2, 0.25) is 0 Å². The van der Waals surface area contributed by atoms with Gasteiger partial charge in [-0.3, -0.25) is 4.90 Å². The lowest BCUT2D eigenvalue weighted by molar-refractivity contribution is 0.349. The van der Waals surface area contributed by atoms with Gasteiger partial charge in [-0.1, -0.05) is 13.5 Å². The van der Waals surface area contributed by atoms with E-state index < -0.39 is 0 Å². The van der Waals surface area contributed by atoms with Crippen molar-refractivity contribution in [3.63, 3.8) is 0 Å². The molecule has 0 amide bonds. The smallest absolute Gasteiger partial charge is 0.0202 e. The van der Waals surface area contributed by atoms with E-state index in [0.29, 0.717) is 0 Å². The lowest BCUT2D eigenvalue weighted by Crippen LogP contribution is -2.27. The van der Waals surface area contributed by atoms with E-state index in [2.05, 4.69) is 30.8 Å². The molecule has 2 nitrogen and oxygen atoms in total. The minimum Gasteiger partial charge on any atom is -0.313 e. The molecule has 1 aliphatic rings. The summed E-state index contributed by atoms with van der Waals surface area (Å²) in [5.74, 6) is 0. The summed E-state index contributed by atoms with van der Waals surface area (Å²) in [7, 11) is 2.20. The van der Waals surface area contributed by atoms with Gasteiger partial charge in [0.15, 0.2) is 0 Å². The maximum atomic E-state index is 4.07. The third kappa shape index (κ3) is 4.44. The maximum Gasteiger partial charge on any atom is 0.0202 e. The summed E-state index contributed by atoms with van der Waals surface area (Å²) in [4.78, 5) is 2.41. The Morgan fingerprint density at radius 1 is 1.54 bits per heavy atom. The van der Waals surface area contributed by atoms with E-state index in [4.69, 9.17) is 0 Å². The first-order valence-corrected chi connectivity index (χ1v) is 5.31. The van der Waals surface area contributed by atoms with E-state index in [1.54, 1.807) is 0 Å². The fourth-order valence-electron chi connectivity index (χ4n) is 1.49. The van der Waals surface area contributed by atoms with Gasteiger partial charge in [-0.05, 0) is 38.4 Å². The zero-order valence-corrected chi connectivity index (χ0v) is 8.97. The fraction of sp³-hybridized carbons (Fsp3) is 0.818. The van der Waals surface area contributed by atoms with E-state index in [-0.39, 0.29) is 0 Å². The van der Waals surface area contributed by atoms with Gasteiger partial charge in [-0.15, -0.1) is 0 Å². The molecule has 1 aliphatic carbocycles. The van der Waals surface area contributed by atoms with Gasteiger partial charge in [0, 0.05) is 19.1 Å². The van der Waals surface area contributed by atoms with E-state index in [9.17, 15) is 0 Å². The summed E-state index contributed by atoms with van der Waals surface area (Å²) in [5, 5.41) is 3.37. The van der Waals surface area contributed by atoms with Crippen LogP contribution in [0.4, 0.5) is 0 Å². The van der Waals surface area contributed by atoms with Crippen molar-refractivity contribution in [3.8, 4) is 0 Å². The predicted molar refractivity (Wildman–Crippen MR) is 58.0 cm³/mol. The molecule has 0 aromatic rings. The van der Waals surface area contributed by atoms with Crippen molar-refractivity contribution < 1.29 is 0 Å². The molecule has 0 atom stereocenters. The molecule has 0 unspecified atom stereocenters. The van der Waals surface area contributed by atoms with Gasteiger partial charge in [0.25, 0.3) is 0 Å². The summed E-state index contributed by atoms with van der Waals surface area (Å²) in [6.07, 6.45) is 3.96. The zero-order chi connectivity index (χ0) is 9.68. The van der Waals surface area contributed by atoms with Crippen LogP contribution in [-0.4, -0.2) is 37.6 Å². The first-order valence-electron chi connectivity index (χ1n) is 5.31. The molecule has 1 fully saturated rings. The van der Waals surface area contributed by atoms with Crippen molar-refractivity contribution >= 4 is 0 Å². The van der Waals surface area contributed by atoms with Crippen molar-refractivity contribution in [1.82, 2.24) is 10.2 Å². The van der Waals surface area contributed by atoms with Gasteiger partial charge >= 0.3 is 0 Å². The molecule has 0 bridgehead atoms. The molecule has 0 radical (unpaired) electrons. The van der Waals surface area contributed by atoms with Crippen LogP contribution in [0.15, 0.2) is 12.2 Å². The first-order chi connectivity index (χ1) is 6.24. The normalized spacial score (nSPS) is 16.5. The fourth-order valence-corrected chi connectivity index (χ4v) is 1.49. The molecular formula is C11H22N2. The molecule has 76 valence electrons. The summed E-state index contributed by atoms with van der Waals surface area (Å²) in [6.45, 7) is 9.40. The van der Waals surface area contributed by atoms with Crippen molar-refractivity contribution in [3.05, 3.63) is 12.2 Å². The lowest BCUT2D eigenvalue weighted by Gasteiger charge is -2.17. The molecule has 0 heterocycles. The van der Waals surface area contributed by atoms with Crippen LogP contribution in [0.1, 0.15) is 26.2 Å². The van der Waals surface area contributed by atoms with Gasteiger partial charge in [-0.25, -0.2) is 0 Å². The predicted octanol–water partition coefficient (Wildman–Crippen LogP) is 1.64. The Hall–Kier alpha value is -0.340. The third-order valence-electron chi connectivity index (χ3n) is 2.45. The molecule has 0 aromatic carbocycles. The Bertz CT molecular complexity index is 161. The van der Waals surface area contributed by atoms with Crippen molar-refractivity contribution in [2.24, 2.45) is 0 Å². The van der Waals surface area contributed by atoms with E-state index in [1.807, 2.05) is 0 Å². The summed E-state index contributed by atoms with van der Waals surface area (Å²) in [5.41, 5.74) is 1.31. The van der Waals surface area contributed by atoms with Crippen molar-refractivity contribution in [1.29, 1.82) is 0 Å². The van der Waals surface area contributed by atoms with Crippen LogP contribution in [-0.2, 0) is 0 Å². The number of rotatable bonds is 7. The SMILES string of the molecule is C=C(CNCCC)CN(C)C1CC1. The molecular weight excluding hydrogens is 160 g/mol. The van der Waals surface area contributed by atoms with Crippen LogP contribution < -0.4 is 5.32 Å². The molecule has 2 heteroatoms. The largest absolute Gasteiger partial charge is 0.313 e. The quantitative estimate of drug-likeness (QED) is 0.475. The molecule has 0 aliphatic heterocycles. The van der Waals surface area contributed by atoms with Crippen molar-refractivity contribution in [2.75, 3.05) is 26.7 Å². The second-order valence-corrected chi connectivity index (χ2v) is 4.07. The molecule has 0 spiro atoms. The Morgan fingerprint density at radius 2 is 2.23 bits per heavy atom. The van der Waals surface area contributed by atoms with Crippen LogP contribution in [0.25, 0.3) is 0 Å². The third-order valence-corrected chi connectivity index (χ3v) is 2.45. The summed E-state index contributed by atoms with van der Waals surface area (Å²) < 4.78 is 0. The molecule has 0 aromatic heterocycles. The van der Waals surface area contributed by atoms with Gasteiger partial charge in [-0.2, -0.15) is 0 Å². The lowest BCUT2D eigenvalue weighted by atomic mass is 10.2. The Morgan fingerprint density at radius 3 is 2.77 bits per heavy atom. The Balaban J connectivity index is 2.02. The topological polar surface area (TPSA) is 15.3 Å². The van der Waals surface area contributed by atoms with Gasteiger partial charge in [0.1, 0.15) is 0 Å². The molecule has 13 heavy (non-hydrogen) atoms. The first kappa shape index (κ1) is 10.7. The molecule has 1 saturated carbocycles. The Kier molecular flexibility index (Phi) is 4.46. The number of hydrogen-bond acceptors (Lipinski definition) is 2. The zero-order valence-electron chi connectivity index (χ0n) is 8.97. The summed E-state index contributed by atoms with van der Waals surface area (Å²) >= 11 is 0. The van der Waals surface area contributed by atoms with Crippen LogP contribution in [0.5, 0.6) is 0 Å². The minimum absolute atomic E-state index is 0.850. The van der Waals surface area contributed by atoms with Crippen LogP contribution in [0.3, 0.4) is 0 Å². The van der Waals surface area contributed by atoms with Gasteiger partial charge in [0.2, 0.25) is 0 Å². The highest BCUT2D eigenvalue weighted by molar-refractivity contribution is 5.01. The standard InChI is InChI=1S/C11H22N2/c1-4-7-12-8-10(2)9-13(3)11-5-6-11/h11-12H,2,4-9H2,1,3H3. The highest BCUT2D eigenvalue weighted by Gasteiger charge is 2.25. The number of nitrogens with one attached hydrogen (secondary N) is 1. The highest BCUT2D eigenvalue weighted by Crippen LogP contribution is 2.25. The number of hydrogen-bond donors (Lipinski definition) is 1. The van der Waals surface area contributed by atoms with E-state index in [0.717, 1.165) is 25.7 Å². The minimum atomic E-state index is 0.850. The van der Waals surface area contributed by atoms with E-state index >= 15 is 0 Å². The van der Waals surface area contributed by atoms with Gasteiger partial charge in [0.05, 0.1) is 0 Å². The maximum absolute atomic E-state index is 4.07. The number of likely N-dealkylation sites (N-methyl/N-ethyl adjacent to an activating group) is 1. The molecule has 0 saturated heterocycles. The van der Waals surface area contributed by atoms with Crippen LogP contribution >= 0.6 is 0 Å². The molecule has 1 N–H and O–H groups in total. The number of nitrogens with zero attached hydrogens (tertiary/aromatic N) is 1.